The molecular weight excluding hydrogens is 228 g/mol. The second-order valence-electron chi connectivity index (χ2n) is 3.84. The van der Waals surface area contributed by atoms with Gasteiger partial charge in [-0.25, -0.2) is 4.79 Å². The molecule has 0 bridgehead atoms. The number of carbonyl (C=O) groups is 1. The molecule has 1 aromatic heterocycles. The molecule has 0 aliphatic heterocycles. The Balaban J connectivity index is 2.13. The second-order valence-corrected chi connectivity index (χ2v) is 3.84. The van der Waals surface area contributed by atoms with Crippen LogP contribution in [0.3, 0.4) is 0 Å². The summed E-state index contributed by atoms with van der Waals surface area (Å²) in [6, 6.07) is 10.3. The van der Waals surface area contributed by atoms with Crippen molar-refractivity contribution in [2.24, 2.45) is 4.99 Å². The number of carboxylic acid groups (broad SMARTS) is 1. The van der Waals surface area contributed by atoms with Crippen LogP contribution in [0.25, 0.3) is 0 Å². The monoisotopic (exact) mass is 240 g/mol. The third-order valence-electron chi connectivity index (χ3n) is 2.42. The van der Waals surface area contributed by atoms with E-state index in [1.54, 1.807) is 36.7 Å². The van der Waals surface area contributed by atoms with Crippen LogP contribution >= 0.6 is 0 Å². The van der Waals surface area contributed by atoms with Crippen molar-refractivity contribution in [3.05, 3.63) is 59.4 Å². The predicted octanol–water partition coefficient (Wildman–Crippen LogP) is 2.84. The van der Waals surface area contributed by atoms with E-state index in [1.807, 2.05) is 19.1 Å². The average molecular weight is 240 g/mol. The summed E-state index contributed by atoms with van der Waals surface area (Å²) in [7, 11) is 0. The molecule has 2 rings (SSSR count). The molecule has 0 amide bonds. The van der Waals surface area contributed by atoms with E-state index in [0.29, 0.717) is 0 Å². The van der Waals surface area contributed by atoms with Crippen LogP contribution in [0.15, 0.2) is 47.6 Å². The number of aromatic carboxylic acids is 1. The van der Waals surface area contributed by atoms with Crippen LogP contribution in [-0.4, -0.2) is 22.3 Å². The zero-order valence-corrected chi connectivity index (χ0v) is 9.87. The lowest BCUT2D eigenvalue weighted by molar-refractivity contribution is 0.0697. The largest absolute Gasteiger partial charge is 0.478 e. The summed E-state index contributed by atoms with van der Waals surface area (Å²) in [5.74, 6) is -0.929. The van der Waals surface area contributed by atoms with Crippen LogP contribution in [0, 0.1) is 6.92 Å². The number of nitrogens with zero attached hydrogens (tertiary/aromatic N) is 2. The molecule has 1 heterocycles. The van der Waals surface area contributed by atoms with Crippen molar-refractivity contribution in [1.29, 1.82) is 0 Å². The summed E-state index contributed by atoms with van der Waals surface area (Å²) in [6.45, 7) is 1.91. The van der Waals surface area contributed by atoms with Crippen molar-refractivity contribution >= 4 is 17.9 Å². The summed E-state index contributed by atoms with van der Waals surface area (Å²) in [6.07, 6.45) is 3.37. The molecule has 18 heavy (non-hydrogen) atoms. The highest BCUT2D eigenvalue weighted by Gasteiger charge is 2.00. The van der Waals surface area contributed by atoms with E-state index < -0.39 is 5.97 Å². The van der Waals surface area contributed by atoms with E-state index in [-0.39, 0.29) is 5.56 Å². The highest BCUT2D eigenvalue weighted by molar-refractivity contribution is 5.89. The van der Waals surface area contributed by atoms with Gasteiger partial charge in [0.25, 0.3) is 0 Å². The quantitative estimate of drug-likeness (QED) is 0.839. The smallest absolute Gasteiger partial charge is 0.335 e. The molecule has 1 aromatic carbocycles. The minimum absolute atomic E-state index is 0.268. The molecule has 4 nitrogen and oxygen atoms in total. The van der Waals surface area contributed by atoms with Gasteiger partial charge in [0.15, 0.2) is 0 Å². The van der Waals surface area contributed by atoms with E-state index in [0.717, 1.165) is 16.9 Å². The molecule has 0 aliphatic carbocycles. The molecular formula is C14H12N2O2. The van der Waals surface area contributed by atoms with E-state index in [9.17, 15) is 4.79 Å². The third kappa shape index (κ3) is 3.01. The Morgan fingerprint density at radius 3 is 2.50 bits per heavy atom. The first kappa shape index (κ1) is 12.0. The summed E-state index contributed by atoms with van der Waals surface area (Å²) in [5.41, 5.74) is 2.83. The lowest BCUT2D eigenvalue weighted by Gasteiger charge is -1.96. The summed E-state index contributed by atoms with van der Waals surface area (Å²) >= 11 is 0. The zero-order chi connectivity index (χ0) is 13.0. The van der Waals surface area contributed by atoms with Gasteiger partial charge in [-0.15, -0.1) is 0 Å². The first-order valence-corrected chi connectivity index (χ1v) is 5.45. The number of hydrogen-bond donors (Lipinski definition) is 1. The Morgan fingerprint density at radius 1 is 1.22 bits per heavy atom. The van der Waals surface area contributed by atoms with Gasteiger partial charge in [0, 0.05) is 11.9 Å². The number of carboxylic acids is 1. The van der Waals surface area contributed by atoms with E-state index in [2.05, 4.69) is 9.98 Å². The minimum atomic E-state index is -0.929. The fourth-order valence-electron chi connectivity index (χ4n) is 1.40. The maximum Gasteiger partial charge on any atom is 0.335 e. The van der Waals surface area contributed by atoms with Crippen molar-refractivity contribution < 1.29 is 9.90 Å². The highest BCUT2D eigenvalue weighted by atomic mass is 16.4. The van der Waals surface area contributed by atoms with E-state index >= 15 is 0 Å². The van der Waals surface area contributed by atoms with Gasteiger partial charge in [-0.05, 0) is 36.8 Å². The van der Waals surface area contributed by atoms with Crippen molar-refractivity contribution in [3.63, 3.8) is 0 Å². The molecule has 0 unspecified atom stereocenters. The van der Waals surface area contributed by atoms with Crippen molar-refractivity contribution in [2.45, 2.75) is 6.92 Å². The number of aliphatic imine (C=N–C) groups is 1. The number of hydrogen-bond acceptors (Lipinski definition) is 3. The molecule has 4 heteroatoms. The molecule has 90 valence electrons. The Morgan fingerprint density at radius 2 is 1.94 bits per heavy atom. The zero-order valence-electron chi connectivity index (χ0n) is 9.87. The van der Waals surface area contributed by atoms with Crippen LogP contribution < -0.4 is 0 Å². The SMILES string of the molecule is Cc1ccc(N=Cc2ccc(C(=O)O)cc2)cn1. The number of pyridine rings is 1. The van der Waals surface area contributed by atoms with Gasteiger partial charge in [0.1, 0.15) is 0 Å². The number of rotatable bonds is 3. The fraction of sp³-hybridized carbons (Fsp3) is 0.0714. The molecule has 0 aliphatic rings. The van der Waals surface area contributed by atoms with Crippen molar-refractivity contribution in [2.75, 3.05) is 0 Å². The lowest BCUT2D eigenvalue weighted by Crippen LogP contribution is -1.95. The summed E-state index contributed by atoms with van der Waals surface area (Å²) < 4.78 is 0. The van der Waals surface area contributed by atoms with E-state index in [4.69, 9.17) is 5.11 Å². The van der Waals surface area contributed by atoms with Crippen LogP contribution in [0.2, 0.25) is 0 Å². The molecule has 0 saturated heterocycles. The van der Waals surface area contributed by atoms with Gasteiger partial charge in [-0.1, -0.05) is 12.1 Å². The number of aryl methyl sites for hydroxylation is 1. The minimum Gasteiger partial charge on any atom is -0.478 e. The van der Waals surface area contributed by atoms with Gasteiger partial charge < -0.3 is 5.11 Å². The summed E-state index contributed by atoms with van der Waals surface area (Å²) in [5, 5.41) is 8.77. The Hall–Kier alpha value is -2.49. The van der Waals surface area contributed by atoms with Gasteiger partial charge >= 0.3 is 5.97 Å². The van der Waals surface area contributed by atoms with Gasteiger partial charge in [0.05, 0.1) is 17.4 Å². The summed E-state index contributed by atoms with van der Waals surface area (Å²) in [4.78, 5) is 19.1. The van der Waals surface area contributed by atoms with Crippen LogP contribution in [0.5, 0.6) is 0 Å². The van der Waals surface area contributed by atoms with Crippen LogP contribution in [-0.2, 0) is 0 Å². The van der Waals surface area contributed by atoms with Gasteiger partial charge in [-0.3, -0.25) is 9.98 Å². The van der Waals surface area contributed by atoms with E-state index in [1.165, 1.54) is 0 Å². The molecule has 0 spiro atoms. The van der Waals surface area contributed by atoms with Crippen molar-refractivity contribution in [1.82, 2.24) is 4.98 Å². The first-order chi connectivity index (χ1) is 8.65. The number of aromatic nitrogens is 1. The molecule has 2 aromatic rings. The van der Waals surface area contributed by atoms with Crippen molar-refractivity contribution in [3.8, 4) is 0 Å². The Labute approximate surface area is 105 Å². The molecule has 1 N–H and O–H groups in total. The molecule has 0 fully saturated rings. The highest BCUT2D eigenvalue weighted by Crippen LogP contribution is 2.10. The van der Waals surface area contributed by atoms with Gasteiger partial charge in [0.2, 0.25) is 0 Å². The maximum atomic E-state index is 10.7. The third-order valence-corrected chi connectivity index (χ3v) is 2.42. The number of benzene rings is 1. The lowest BCUT2D eigenvalue weighted by atomic mass is 10.1. The van der Waals surface area contributed by atoms with Gasteiger partial charge in [-0.2, -0.15) is 0 Å². The fourth-order valence-corrected chi connectivity index (χ4v) is 1.40. The second kappa shape index (κ2) is 5.23. The normalized spacial score (nSPS) is 10.7. The Bertz CT molecular complexity index is 572. The van der Waals surface area contributed by atoms with Crippen LogP contribution in [0.1, 0.15) is 21.6 Å². The van der Waals surface area contributed by atoms with Crippen LogP contribution in [0.4, 0.5) is 5.69 Å². The topological polar surface area (TPSA) is 62.5 Å². The first-order valence-electron chi connectivity index (χ1n) is 5.45. The molecule has 0 atom stereocenters. The Kier molecular flexibility index (Phi) is 3.48. The average Bonchev–Trinajstić information content (AvgIpc) is 2.38. The molecule has 0 saturated carbocycles. The predicted molar refractivity (Wildman–Crippen MR) is 69.6 cm³/mol. The standard InChI is InChI=1S/C14H12N2O2/c1-10-2-7-13(9-15-10)16-8-11-3-5-12(6-4-11)14(17)18/h2-9H,1H3,(H,17,18). The molecule has 0 radical (unpaired) electrons. The maximum absolute atomic E-state index is 10.7.